The van der Waals surface area contributed by atoms with Gasteiger partial charge in [0.05, 0.1) is 16.4 Å². The van der Waals surface area contributed by atoms with Gasteiger partial charge in [-0.3, -0.25) is 9.48 Å². The van der Waals surface area contributed by atoms with Gasteiger partial charge in [0.1, 0.15) is 6.04 Å². The summed E-state index contributed by atoms with van der Waals surface area (Å²) >= 11 is 2.16. The number of ether oxygens (including phenoxy) is 1. The fraction of sp³-hybridized carbons (Fsp3) is 0.556. The molecule has 0 bridgehead atoms. The lowest BCUT2D eigenvalue weighted by Crippen LogP contribution is -2.33. The number of rotatable bonds is 5. The molecule has 0 aliphatic heterocycles. The van der Waals surface area contributed by atoms with Crippen molar-refractivity contribution in [1.82, 2.24) is 15.1 Å². The Morgan fingerprint density at radius 1 is 1.80 bits per heavy atom. The van der Waals surface area contributed by atoms with E-state index < -0.39 is 0 Å². The molecule has 0 saturated heterocycles. The van der Waals surface area contributed by atoms with Gasteiger partial charge in [-0.15, -0.1) is 0 Å². The Morgan fingerprint density at radius 2 is 2.53 bits per heavy atom. The van der Waals surface area contributed by atoms with Gasteiger partial charge in [-0.2, -0.15) is 5.10 Å². The van der Waals surface area contributed by atoms with Crippen molar-refractivity contribution in [2.45, 2.75) is 13.0 Å². The largest absolute Gasteiger partial charge is 0.383 e. The smallest absolute Gasteiger partial charge is 0.244 e. The maximum absolute atomic E-state index is 11.6. The SMILES string of the molecule is COCCNC(=O)[C@H](C)n1cc(I)cn1. The molecule has 0 spiro atoms. The van der Waals surface area contributed by atoms with Crippen LogP contribution >= 0.6 is 22.6 Å². The minimum atomic E-state index is -0.287. The van der Waals surface area contributed by atoms with Crippen LogP contribution in [0.2, 0.25) is 0 Å². The Bertz CT molecular complexity index is 327. The van der Waals surface area contributed by atoms with E-state index in [0.717, 1.165) is 3.57 Å². The van der Waals surface area contributed by atoms with Crippen LogP contribution in [0.25, 0.3) is 0 Å². The number of amides is 1. The Balaban J connectivity index is 2.46. The van der Waals surface area contributed by atoms with Crippen molar-refractivity contribution in [2.24, 2.45) is 0 Å². The third kappa shape index (κ3) is 3.78. The normalized spacial score (nSPS) is 12.5. The molecule has 0 radical (unpaired) electrons. The first kappa shape index (κ1) is 12.4. The number of carbonyl (C=O) groups excluding carboxylic acids is 1. The third-order valence-corrected chi connectivity index (χ3v) is 2.51. The number of methoxy groups -OCH3 is 1. The quantitative estimate of drug-likeness (QED) is 0.645. The summed E-state index contributed by atoms with van der Waals surface area (Å²) in [5, 5.41) is 6.85. The molecule has 15 heavy (non-hydrogen) atoms. The summed E-state index contributed by atoms with van der Waals surface area (Å²) in [5.41, 5.74) is 0. The molecule has 0 saturated carbocycles. The molecule has 1 aromatic heterocycles. The standard InChI is InChI=1S/C9H14IN3O2/c1-7(9(14)11-3-4-15-2)13-6-8(10)5-12-13/h5-7H,3-4H2,1-2H3,(H,11,14)/t7-/m0/s1. The summed E-state index contributed by atoms with van der Waals surface area (Å²) in [6.07, 6.45) is 3.56. The van der Waals surface area contributed by atoms with Gasteiger partial charge in [0.2, 0.25) is 5.91 Å². The Labute approximate surface area is 102 Å². The van der Waals surface area contributed by atoms with E-state index in [4.69, 9.17) is 4.74 Å². The summed E-state index contributed by atoms with van der Waals surface area (Å²) in [5.74, 6) is -0.0495. The Morgan fingerprint density at radius 3 is 3.07 bits per heavy atom. The highest BCUT2D eigenvalue weighted by atomic mass is 127. The lowest BCUT2D eigenvalue weighted by atomic mass is 10.3. The van der Waals surface area contributed by atoms with E-state index in [1.54, 1.807) is 18.0 Å². The van der Waals surface area contributed by atoms with Crippen molar-refractivity contribution >= 4 is 28.5 Å². The van der Waals surface area contributed by atoms with Crippen LogP contribution in [-0.2, 0) is 9.53 Å². The second kappa shape index (κ2) is 6.06. The van der Waals surface area contributed by atoms with Crippen LogP contribution in [0.4, 0.5) is 0 Å². The lowest BCUT2D eigenvalue weighted by Gasteiger charge is -2.12. The second-order valence-electron chi connectivity index (χ2n) is 3.10. The molecule has 0 aromatic carbocycles. The Hall–Kier alpha value is -0.630. The van der Waals surface area contributed by atoms with Gasteiger partial charge >= 0.3 is 0 Å². The zero-order valence-electron chi connectivity index (χ0n) is 8.74. The van der Waals surface area contributed by atoms with Gasteiger partial charge in [0.15, 0.2) is 0 Å². The Kier molecular flexibility index (Phi) is 5.03. The van der Waals surface area contributed by atoms with Crippen LogP contribution in [0.1, 0.15) is 13.0 Å². The molecule has 1 N–H and O–H groups in total. The van der Waals surface area contributed by atoms with E-state index in [0.29, 0.717) is 13.2 Å². The highest BCUT2D eigenvalue weighted by Crippen LogP contribution is 2.08. The molecular formula is C9H14IN3O2. The first-order chi connectivity index (χ1) is 7.15. The zero-order chi connectivity index (χ0) is 11.3. The molecule has 0 unspecified atom stereocenters. The third-order valence-electron chi connectivity index (χ3n) is 1.95. The molecule has 1 aromatic rings. The van der Waals surface area contributed by atoms with Crippen LogP contribution in [0.5, 0.6) is 0 Å². The van der Waals surface area contributed by atoms with Gasteiger partial charge in [0.25, 0.3) is 0 Å². The van der Waals surface area contributed by atoms with Gasteiger partial charge in [-0.1, -0.05) is 0 Å². The average molecular weight is 323 g/mol. The number of hydrogen-bond donors (Lipinski definition) is 1. The molecular weight excluding hydrogens is 309 g/mol. The van der Waals surface area contributed by atoms with E-state index in [1.165, 1.54) is 0 Å². The van der Waals surface area contributed by atoms with E-state index in [9.17, 15) is 4.79 Å². The molecule has 0 aliphatic rings. The van der Waals surface area contributed by atoms with Crippen LogP contribution in [0.15, 0.2) is 12.4 Å². The van der Waals surface area contributed by atoms with Gasteiger partial charge < -0.3 is 10.1 Å². The molecule has 1 rings (SSSR count). The topological polar surface area (TPSA) is 56.1 Å². The van der Waals surface area contributed by atoms with Crippen molar-refractivity contribution in [3.05, 3.63) is 16.0 Å². The number of nitrogens with one attached hydrogen (secondary N) is 1. The van der Waals surface area contributed by atoms with E-state index in [2.05, 4.69) is 33.0 Å². The van der Waals surface area contributed by atoms with Crippen molar-refractivity contribution in [1.29, 1.82) is 0 Å². The van der Waals surface area contributed by atoms with E-state index in [1.807, 2.05) is 13.1 Å². The molecule has 1 amide bonds. The van der Waals surface area contributed by atoms with E-state index >= 15 is 0 Å². The fourth-order valence-corrected chi connectivity index (χ4v) is 1.48. The highest BCUT2D eigenvalue weighted by Gasteiger charge is 2.14. The number of halogens is 1. The van der Waals surface area contributed by atoms with E-state index in [-0.39, 0.29) is 11.9 Å². The van der Waals surface area contributed by atoms with Crippen molar-refractivity contribution in [2.75, 3.05) is 20.3 Å². The van der Waals surface area contributed by atoms with Gasteiger partial charge in [-0.05, 0) is 29.5 Å². The number of nitrogens with zero attached hydrogens (tertiary/aromatic N) is 2. The van der Waals surface area contributed by atoms with Crippen LogP contribution in [-0.4, -0.2) is 35.9 Å². The second-order valence-corrected chi connectivity index (χ2v) is 4.34. The maximum atomic E-state index is 11.6. The maximum Gasteiger partial charge on any atom is 0.244 e. The molecule has 1 atom stereocenters. The predicted octanol–water partition coefficient (Wildman–Crippen LogP) is 0.811. The van der Waals surface area contributed by atoms with Crippen molar-refractivity contribution < 1.29 is 9.53 Å². The molecule has 1 heterocycles. The number of hydrogen-bond acceptors (Lipinski definition) is 3. The lowest BCUT2D eigenvalue weighted by molar-refractivity contribution is -0.124. The minimum absolute atomic E-state index is 0.0495. The number of aromatic nitrogens is 2. The highest BCUT2D eigenvalue weighted by molar-refractivity contribution is 14.1. The first-order valence-electron chi connectivity index (χ1n) is 4.61. The van der Waals surface area contributed by atoms with Crippen LogP contribution < -0.4 is 5.32 Å². The summed E-state index contributed by atoms with van der Waals surface area (Å²) in [7, 11) is 1.60. The summed E-state index contributed by atoms with van der Waals surface area (Å²) in [6, 6.07) is -0.287. The molecule has 0 aliphatic carbocycles. The van der Waals surface area contributed by atoms with Gasteiger partial charge in [-0.25, -0.2) is 0 Å². The molecule has 0 fully saturated rings. The summed E-state index contributed by atoms with van der Waals surface area (Å²) < 4.78 is 7.50. The fourth-order valence-electron chi connectivity index (χ4n) is 1.07. The first-order valence-corrected chi connectivity index (χ1v) is 5.69. The van der Waals surface area contributed by atoms with Crippen LogP contribution in [0, 0.1) is 3.57 Å². The van der Waals surface area contributed by atoms with Crippen molar-refractivity contribution in [3.63, 3.8) is 0 Å². The monoisotopic (exact) mass is 323 g/mol. The van der Waals surface area contributed by atoms with Crippen molar-refractivity contribution in [3.8, 4) is 0 Å². The summed E-state index contributed by atoms with van der Waals surface area (Å²) in [6.45, 7) is 2.86. The summed E-state index contributed by atoms with van der Waals surface area (Å²) in [4.78, 5) is 11.6. The van der Waals surface area contributed by atoms with Crippen LogP contribution in [0.3, 0.4) is 0 Å². The predicted molar refractivity (Wildman–Crippen MR) is 64.5 cm³/mol. The van der Waals surface area contributed by atoms with Gasteiger partial charge in [0, 0.05) is 19.9 Å². The molecule has 84 valence electrons. The average Bonchev–Trinajstić information content (AvgIpc) is 2.64. The molecule has 6 heteroatoms. The zero-order valence-corrected chi connectivity index (χ0v) is 10.9. The number of carbonyl (C=O) groups is 1. The molecule has 5 nitrogen and oxygen atoms in total. The minimum Gasteiger partial charge on any atom is -0.383 e.